The van der Waals surface area contributed by atoms with Crippen molar-refractivity contribution < 1.29 is 9.59 Å². The van der Waals surface area contributed by atoms with Crippen molar-refractivity contribution in [1.29, 1.82) is 0 Å². The highest BCUT2D eigenvalue weighted by atomic mass is 16.1. The Labute approximate surface area is 91.3 Å². The van der Waals surface area contributed by atoms with Gasteiger partial charge >= 0.3 is 0 Å². The zero-order valence-corrected chi connectivity index (χ0v) is 9.78. The van der Waals surface area contributed by atoms with Gasteiger partial charge in [-0.1, -0.05) is 51.1 Å². The summed E-state index contributed by atoms with van der Waals surface area (Å²) < 4.78 is 0. The Hall–Kier alpha value is -1.44. The second-order valence-electron chi connectivity index (χ2n) is 4.41. The lowest BCUT2D eigenvalue weighted by Gasteiger charge is -2.03. The molecule has 0 amide bonds. The van der Waals surface area contributed by atoms with E-state index in [1.807, 2.05) is 51.1 Å². The van der Waals surface area contributed by atoms with Crippen molar-refractivity contribution in [3.8, 4) is 0 Å². The molecule has 0 fully saturated rings. The second-order valence-corrected chi connectivity index (χ2v) is 4.41. The largest absolute Gasteiger partial charge is 0.303 e. The Morgan fingerprint density at radius 1 is 1.13 bits per heavy atom. The molecule has 0 N–H and O–H groups in total. The lowest BCUT2D eigenvalue weighted by atomic mass is 10.0. The third-order valence-electron chi connectivity index (χ3n) is 1.53. The Morgan fingerprint density at radius 3 is 1.73 bits per heavy atom. The van der Waals surface area contributed by atoms with E-state index in [1.54, 1.807) is 6.92 Å². The fourth-order valence-corrected chi connectivity index (χ4v) is 0.673. The van der Waals surface area contributed by atoms with Crippen molar-refractivity contribution in [2.24, 2.45) is 5.41 Å². The molecule has 0 radical (unpaired) electrons. The average Bonchev–Trinajstić information content (AvgIpc) is 2.19. The van der Waals surface area contributed by atoms with Gasteiger partial charge in [0.05, 0.1) is 0 Å². The van der Waals surface area contributed by atoms with Crippen molar-refractivity contribution in [3.05, 3.63) is 35.9 Å². The molecule has 2 heteroatoms. The highest BCUT2D eigenvalue weighted by molar-refractivity contribution is 5.93. The molecular formula is C13H18O2. The summed E-state index contributed by atoms with van der Waals surface area (Å²) >= 11 is 0. The molecule has 1 aromatic carbocycles. The van der Waals surface area contributed by atoms with E-state index in [1.165, 1.54) is 0 Å². The Bertz CT molecular complexity index is 307. The van der Waals surface area contributed by atoms with Crippen LogP contribution >= 0.6 is 0 Å². The van der Waals surface area contributed by atoms with Gasteiger partial charge in [-0.15, -0.1) is 0 Å². The lowest BCUT2D eigenvalue weighted by molar-refractivity contribution is -0.113. The summed E-state index contributed by atoms with van der Waals surface area (Å²) in [5.41, 5.74) is 0.637. The highest BCUT2D eigenvalue weighted by Crippen LogP contribution is 2.05. The predicted octanol–water partition coefficient (Wildman–Crippen LogP) is 3.12. The summed E-state index contributed by atoms with van der Waals surface area (Å²) in [5, 5.41) is 0. The van der Waals surface area contributed by atoms with Gasteiger partial charge in [-0.2, -0.15) is 0 Å². The summed E-state index contributed by atoms with van der Waals surface area (Å²) in [6, 6.07) is 9.23. The molecule has 0 saturated carbocycles. The van der Waals surface area contributed by atoms with E-state index < -0.39 is 0 Å². The van der Waals surface area contributed by atoms with Crippen LogP contribution in [0.5, 0.6) is 0 Å². The maximum absolute atomic E-state index is 10.6. The van der Waals surface area contributed by atoms with Crippen LogP contribution in [0.2, 0.25) is 0 Å². The summed E-state index contributed by atoms with van der Waals surface area (Å²) in [5.74, 6) is 0.121. The lowest BCUT2D eigenvalue weighted by Crippen LogP contribution is -2.04. The molecule has 0 aromatic heterocycles. The van der Waals surface area contributed by atoms with E-state index in [4.69, 9.17) is 0 Å². The SMILES string of the molecule is CC(=O)c1ccccc1.CC(C)(C)C=O. The molecular weight excluding hydrogens is 188 g/mol. The summed E-state index contributed by atoms with van der Waals surface area (Å²) in [7, 11) is 0. The van der Waals surface area contributed by atoms with Crippen LogP contribution in [0.4, 0.5) is 0 Å². The van der Waals surface area contributed by atoms with Gasteiger partial charge in [-0.25, -0.2) is 0 Å². The van der Waals surface area contributed by atoms with Crippen LogP contribution in [0.1, 0.15) is 38.1 Å². The number of Topliss-reactive ketones (excluding diaryl/α,β-unsaturated/α-hetero) is 1. The molecule has 0 saturated heterocycles. The molecule has 0 bridgehead atoms. The van der Waals surface area contributed by atoms with Crippen LogP contribution in [-0.2, 0) is 4.79 Å². The predicted molar refractivity (Wildman–Crippen MR) is 62.0 cm³/mol. The van der Waals surface area contributed by atoms with Crippen LogP contribution in [0.15, 0.2) is 30.3 Å². The Kier molecular flexibility index (Phi) is 5.53. The first-order valence-electron chi connectivity index (χ1n) is 4.89. The van der Waals surface area contributed by atoms with Gasteiger partial charge in [0.2, 0.25) is 0 Å². The first kappa shape index (κ1) is 13.6. The molecule has 0 aliphatic carbocycles. The first-order chi connectivity index (χ1) is 6.87. The maximum atomic E-state index is 10.6. The number of benzene rings is 1. The molecule has 0 aliphatic heterocycles. The number of rotatable bonds is 1. The van der Waals surface area contributed by atoms with Crippen LogP contribution in [0.3, 0.4) is 0 Å². The van der Waals surface area contributed by atoms with Crippen molar-refractivity contribution in [2.75, 3.05) is 0 Å². The van der Waals surface area contributed by atoms with Crippen molar-refractivity contribution in [3.63, 3.8) is 0 Å². The molecule has 15 heavy (non-hydrogen) atoms. The fourth-order valence-electron chi connectivity index (χ4n) is 0.673. The number of carbonyl (C=O) groups excluding carboxylic acids is 2. The van der Waals surface area contributed by atoms with Crippen LogP contribution in [0, 0.1) is 5.41 Å². The van der Waals surface area contributed by atoms with Crippen LogP contribution < -0.4 is 0 Å². The number of ketones is 1. The van der Waals surface area contributed by atoms with Gasteiger partial charge in [-0.3, -0.25) is 4.79 Å². The molecule has 1 aromatic rings. The molecule has 0 heterocycles. The summed E-state index contributed by atoms with van der Waals surface area (Å²) in [4.78, 5) is 20.5. The van der Waals surface area contributed by atoms with E-state index in [0.717, 1.165) is 11.8 Å². The maximum Gasteiger partial charge on any atom is 0.159 e. The molecule has 2 nitrogen and oxygen atoms in total. The third kappa shape index (κ3) is 7.62. The Morgan fingerprint density at radius 2 is 1.53 bits per heavy atom. The van der Waals surface area contributed by atoms with Gasteiger partial charge in [-0.05, 0) is 6.92 Å². The number of hydrogen-bond acceptors (Lipinski definition) is 2. The normalized spacial score (nSPS) is 9.87. The molecule has 1 rings (SSSR count). The van der Waals surface area contributed by atoms with E-state index >= 15 is 0 Å². The molecule has 0 aliphatic rings. The standard InChI is InChI=1S/C8H8O.C5H10O/c1-7(9)8-5-3-2-4-6-8;1-5(2,3)4-6/h2-6H,1H3;4H,1-3H3. The summed E-state index contributed by atoms with van der Waals surface area (Å²) in [6.07, 6.45) is 0.938. The van der Waals surface area contributed by atoms with Crippen LogP contribution in [-0.4, -0.2) is 12.1 Å². The minimum Gasteiger partial charge on any atom is -0.303 e. The number of hydrogen-bond donors (Lipinski definition) is 0. The van der Waals surface area contributed by atoms with Gasteiger partial charge in [0, 0.05) is 11.0 Å². The minimum atomic E-state index is -0.139. The molecule has 0 atom stereocenters. The monoisotopic (exact) mass is 206 g/mol. The van der Waals surface area contributed by atoms with Gasteiger partial charge in [0.25, 0.3) is 0 Å². The second kappa shape index (κ2) is 6.12. The third-order valence-corrected chi connectivity index (χ3v) is 1.53. The molecule has 0 spiro atoms. The van der Waals surface area contributed by atoms with Gasteiger partial charge < -0.3 is 4.79 Å². The van der Waals surface area contributed by atoms with E-state index in [9.17, 15) is 9.59 Å². The first-order valence-corrected chi connectivity index (χ1v) is 4.89. The molecule has 0 unspecified atom stereocenters. The smallest absolute Gasteiger partial charge is 0.159 e. The zero-order chi connectivity index (χ0) is 11.9. The van der Waals surface area contributed by atoms with E-state index in [0.29, 0.717) is 0 Å². The zero-order valence-electron chi connectivity index (χ0n) is 9.78. The van der Waals surface area contributed by atoms with Crippen LogP contribution in [0.25, 0.3) is 0 Å². The van der Waals surface area contributed by atoms with Crippen molar-refractivity contribution in [1.82, 2.24) is 0 Å². The Balaban J connectivity index is 0.000000288. The van der Waals surface area contributed by atoms with E-state index in [2.05, 4.69) is 0 Å². The van der Waals surface area contributed by atoms with Gasteiger partial charge in [0.1, 0.15) is 6.29 Å². The fraction of sp³-hybridized carbons (Fsp3) is 0.385. The quantitative estimate of drug-likeness (QED) is 0.522. The average molecular weight is 206 g/mol. The molecule has 82 valence electrons. The number of carbonyl (C=O) groups is 2. The van der Waals surface area contributed by atoms with Crippen molar-refractivity contribution >= 4 is 12.1 Å². The topological polar surface area (TPSA) is 34.1 Å². The minimum absolute atomic E-state index is 0.121. The number of aldehydes is 1. The highest BCUT2D eigenvalue weighted by Gasteiger charge is 2.04. The van der Waals surface area contributed by atoms with Crippen molar-refractivity contribution in [2.45, 2.75) is 27.7 Å². The summed E-state index contributed by atoms with van der Waals surface area (Å²) in [6.45, 7) is 7.19. The van der Waals surface area contributed by atoms with Gasteiger partial charge in [0.15, 0.2) is 5.78 Å². The van der Waals surface area contributed by atoms with E-state index in [-0.39, 0.29) is 11.2 Å².